The average Bonchev–Trinajstić information content (AvgIpc) is 2.29. The summed E-state index contributed by atoms with van der Waals surface area (Å²) in [6.07, 6.45) is 4.33. The molecule has 0 saturated heterocycles. The van der Waals surface area contributed by atoms with E-state index in [0.29, 0.717) is 13.4 Å². The fourth-order valence-corrected chi connectivity index (χ4v) is 1.24. The first-order valence-electron chi connectivity index (χ1n) is 5.40. The van der Waals surface area contributed by atoms with Gasteiger partial charge >= 0.3 is 23.1 Å². The van der Waals surface area contributed by atoms with E-state index in [-0.39, 0.29) is 47.0 Å². The van der Waals surface area contributed by atoms with Gasteiger partial charge in [0.05, 0.1) is 6.61 Å². The van der Waals surface area contributed by atoms with Gasteiger partial charge in [0, 0.05) is 6.61 Å². The standard InChI is InChI=1S/C13H19O2.HI.Mg/c1-2-3-7-10-14-12-15-11-13-8-5-4-6-9-13;;/h2,4-6,8-9H,3,7,10-12H2,1H3;1H;/q-1;;+2/p-1. The number of unbranched alkanes of at least 4 members (excludes halogenated alkanes) is 2. The summed E-state index contributed by atoms with van der Waals surface area (Å²) in [5, 5.41) is 0. The van der Waals surface area contributed by atoms with E-state index in [4.69, 9.17) is 9.47 Å². The van der Waals surface area contributed by atoms with E-state index < -0.39 is 0 Å². The molecule has 4 heteroatoms. The van der Waals surface area contributed by atoms with Crippen LogP contribution in [-0.4, -0.2) is 36.5 Å². The molecule has 2 nitrogen and oxygen atoms in total. The summed E-state index contributed by atoms with van der Waals surface area (Å²) in [6, 6.07) is 10.1. The molecule has 0 heterocycles. The predicted octanol–water partition coefficient (Wildman–Crippen LogP) is -0.195. The Balaban J connectivity index is 0. The largest absolute Gasteiger partial charge is 2.00 e. The van der Waals surface area contributed by atoms with Gasteiger partial charge in [-0.05, 0) is 5.56 Å². The van der Waals surface area contributed by atoms with Crippen LogP contribution < -0.4 is 24.0 Å². The third-order valence-corrected chi connectivity index (χ3v) is 2.06. The molecule has 0 atom stereocenters. The fourth-order valence-electron chi connectivity index (χ4n) is 1.24. The van der Waals surface area contributed by atoms with Crippen molar-refractivity contribution in [2.45, 2.75) is 26.4 Å². The first-order chi connectivity index (χ1) is 7.43. The van der Waals surface area contributed by atoms with Gasteiger partial charge in [0.25, 0.3) is 0 Å². The number of ether oxygens (including phenoxy) is 2. The molecule has 0 fully saturated rings. The Morgan fingerprint density at radius 3 is 2.47 bits per heavy atom. The maximum absolute atomic E-state index is 5.37. The molecule has 17 heavy (non-hydrogen) atoms. The van der Waals surface area contributed by atoms with Gasteiger partial charge in [-0.25, -0.2) is 0 Å². The molecule has 0 bridgehead atoms. The van der Waals surface area contributed by atoms with Crippen molar-refractivity contribution in [1.82, 2.24) is 0 Å². The van der Waals surface area contributed by atoms with Crippen molar-refractivity contribution < 1.29 is 33.5 Å². The Hall–Kier alpha value is 0.636. The van der Waals surface area contributed by atoms with Crippen LogP contribution in [-0.2, 0) is 16.1 Å². The summed E-state index contributed by atoms with van der Waals surface area (Å²) in [5.41, 5.74) is 1.18. The second-order valence-corrected chi connectivity index (χ2v) is 3.41. The number of benzene rings is 1. The second-order valence-electron chi connectivity index (χ2n) is 3.41. The normalized spacial score (nSPS) is 9.24. The Labute approximate surface area is 138 Å². The zero-order valence-corrected chi connectivity index (χ0v) is 14.0. The summed E-state index contributed by atoms with van der Waals surface area (Å²) < 4.78 is 10.7. The van der Waals surface area contributed by atoms with E-state index >= 15 is 0 Å². The SMILES string of the molecule is C[CH-]CCCOCOCc1ccccc1.[I-].[Mg+2]. The molecule has 0 amide bonds. The van der Waals surface area contributed by atoms with Gasteiger partial charge in [-0.15, -0.1) is 0 Å². The fraction of sp³-hybridized carbons (Fsp3) is 0.462. The predicted molar refractivity (Wildman–Crippen MR) is 67.0 cm³/mol. The van der Waals surface area contributed by atoms with Crippen LogP contribution in [0.4, 0.5) is 0 Å². The second kappa shape index (κ2) is 14.7. The van der Waals surface area contributed by atoms with Crippen LogP contribution >= 0.6 is 0 Å². The van der Waals surface area contributed by atoms with E-state index in [0.717, 1.165) is 19.4 Å². The minimum Gasteiger partial charge on any atom is -1.00 e. The van der Waals surface area contributed by atoms with Crippen LogP contribution in [0.3, 0.4) is 0 Å². The van der Waals surface area contributed by atoms with Crippen LogP contribution in [0.1, 0.15) is 25.3 Å². The van der Waals surface area contributed by atoms with E-state index in [1.165, 1.54) is 5.56 Å². The summed E-state index contributed by atoms with van der Waals surface area (Å²) >= 11 is 0. The zero-order chi connectivity index (χ0) is 10.8. The van der Waals surface area contributed by atoms with Crippen molar-refractivity contribution >= 4 is 23.1 Å². The Bertz CT molecular complexity index is 244. The maximum atomic E-state index is 5.37. The maximum Gasteiger partial charge on any atom is 2.00 e. The molecule has 0 radical (unpaired) electrons. The monoisotopic (exact) mass is 358 g/mol. The van der Waals surface area contributed by atoms with Crippen molar-refractivity contribution in [2.24, 2.45) is 0 Å². The van der Waals surface area contributed by atoms with E-state index in [1.807, 2.05) is 30.3 Å². The third kappa shape index (κ3) is 11.5. The Morgan fingerprint density at radius 1 is 1.12 bits per heavy atom. The Kier molecular flexibility index (Phi) is 17.3. The average molecular weight is 359 g/mol. The van der Waals surface area contributed by atoms with Gasteiger partial charge in [0.15, 0.2) is 0 Å². The third-order valence-electron chi connectivity index (χ3n) is 2.06. The summed E-state index contributed by atoms with van der Waals surface area (Å²) in [5.74, 6) is 0. The van der Waals surface area contributed by atoms with Crippen LogP contribution in [0.15, 0.2) is 30.3 Å². The van der Waals surface area contributed by atoms with Gasteiger partial charge < -0.3 is 39.9 Å². The van der Waals surface area contributed by atoms with Gasteiger partial charge in [-0.3, -0.25) is 0 Å². The summed E-state index contributed by atoms with van der Waals surface area (Å²) in [6.45, 7) is 3.85. The van der Waals surface area contributed by atoms with Crippen molar-refractivity contribution in [3.05, 3.63) is 42.3 Å². The van der Waals surface area contributed by atoms with Gasteiger partial charge in [-0.2, -0.15) is 13.3 Å². The molecule has 0 saturated carbocycles. The van der Waals surface area contributed by atoms with Crippen LogP contribution in [0.5, 0.6) is 0 Å². The molecular weight excluding hydrogens is 339 g/mol. The number of rotatable bonds is 8. The molecule has 0 aliphatic heterocycles. The smallest absolute Gasteiger partial charge is 1.00 e. The van der Waals surface area contributed by atoms with Gasteiger partial charge in [0.1, 0.15) is 6.79 Å². The van der Waals surface area contributed by atoms with Gasteiger partial charge in [-0.1, -0.05) is 36.8 Å². The molecule has 0 aliphatic rings. The van der Waals surface area contributed by atoms with Crippen LogP contribution in [0, 0.1) is 6.42 Å². The Morgan fingerprint density at radius 2 is 1.82 bits per heavy atom. The quantitative estimate of drug-likeness (QED) is 0.211. The molecule has 0 spiro atoms. The van der Waals surface area contributed by atoms with Crippen molar-refractivity contribution in [3.8, 4) is 0 Å². The van der Waals surface area contributed by atoms with Crippen molar-refractivity contribution in [2.75, 3.05) is 13.4 Å². The van der Waals surface area contributed by atoms with Gasteiger partial charge in [0.2, 0.25) is 0 Å². The van der Waals surface area contributed by atoms with Crippen molar-refractivity contribution in [3.63, 3.8) is 0 Å². The van der Waals surface area contributed by atoms with Crippen LogP contribution in [0.2, 0.25) is 0 Å². The van der Waals surface area contributed by atoms with E-state index in [9.17, 15) is 0 Å². The summed E-state index contributed by atoms with van der Waals surface area (Å²) in [4.78, 5) is 0. The number of hydrogen-bond donors (Lipinski definition) is 0. The van der Waals surface area contributed by atoms with E-state index in [2.05, 4.69) is 13.3 Å². The molecule has 1 aromatic carbocycles. The molecule has 0 N–H and O–H groups in total. The molecule has 0 unspecified atom stereocenters. The molecule has 1 rings (SSSR count). The van der Waals surface area contributed by atoms with Crippen molar-refractivity contribution in [1.29, 1.82) is 0 Å². The molecule has 92 valence electrons. The molecular formula is C13H19IMgO2. The molecule has 0 aliphatic carbocycles. The summed E-state index contributed by atoms with van der Waals surface area (Å²) in [7, 11) is 0. The molecule has 1 aromatic rings. The topological polar surface area (TPSA) is 18.5 Å². The molecule has 0 aromatic heterocycles. The first-order valence-corrected chi connectivity index (χ1v) is 5.40. The number of hydrogen-bond acceptors (Lipinski definition) is 2. The minimum absolute atomic E-state index is 0. The number of halogens is 1. The van der Waals surface area contributed by atoms with E-state index in [1.54, 1.807) is 0 Å². The van der Waals surface area contributed by atoms with Crippen LogP contribution in [0.25, 0.3) is 0 Å². The first kappa shape index (κ1) is 20.0. The minimum atomic E-state index is 0. The zero-order valence-electron chi connectivity index (χ0n) is 10.4.